The number of nitrogens with zero attached hydrogens (tertiary/aromatic N) is 3. The molecule has 1 saturated carbocycles. The molecule has 14 heavy (non-hydrogen) atoms. The third-order valence-electron chi connectivity index (χ3n) is 2.80. The summed E-state index contributed by atoms with van der Waals surface area (Å²) in [6.07, 6.45) is 5.74. The van der Waals surface area contributed by atoms with Gasteiger partial charge >= 0.3 is 0 Å². The fraction of sp³-hybridized carbons (Fsp3) is 0.778. The van der Waals surface area contributed by atoms with Crippen LogP contribution in [0.2, 0.25) is 0 Å². The van der Waals surface area contributed by atoms with Crippen LogP contribution >= 0.6 is 0 Å². The third kappa shape index (κ3) is 1.33. The first kappa shape index (κ1) is 8.38. The fourth-order valence-electron chi connectivity index (χ4n) is 1.97. The molecule has 0 atom stereocenters. The lowest BCUT2D eigenvalue weighted by molar-refractivity contribution is -0.186. The predicted molar refractivity (Wildman–Crippen MR) is 47.4 cm³/mol. The van der Waals surface area contributed by atoms with Crippen LogP contribution in [0, 0.1) is 5.92 Å². The molecule has 1 saturated heterocycles. The molecule has 2 heterocycles. The van der Waals surface area contributed by atoms with E-state index in [1.54, 1.807) is 17.2 Å². The summed E-state index contributed by atoms with van der Waals surface area (Å²) >= 11 is 0. The van der Waals surface area contributed by atoms with E-state index in [0.717, 1.165) is 0 Å². The second-order valence-corrected chi connectivity index (χ2v) is 3.84. The van der Waals surface area contributed by atoms with E-state index in [1.807, 2.05) is 0 Å². The van der Waals surface area contributed by atoms with Crippen molar-refractivity contribution in [3.05, 3.63) is 12.4 Å². The van der Waals surface area contributed by atoms with Crippen molar-refractivity contribution in [1.82, 2.24) is 15.0 Å². The summed E-state index contributed by atoms with van der Waals surface area (Å²) < 4.78 is 11.4. The molecule has 76 valence electrons. The standard InChI is InChI=1S/C9H13N3O2/c1-2-8(1)9(13-5-6-14-9)7-12-10-3-4-11-12/h3-4,8H,1-2,5-7H2. The highest BCUT2D eigenvalue weighted by Gasteiger charge is 2.50. The summed E-state index contributed by atoms with van der Waals surface area (Å²) in [5, 5.41) is 8.16. The van der Waals surface area contributed by atoms with E-state index in [1.165, 1.54) is 12.8 Å². The zero-order valence-corrected chi connectivity index (χ0v) is 7.93. The first-order valence-corrected chi connectivity index (χ1v) is 5.01. The minimum Gasteiger partial charge on any atom is -0.345 e. The van der Waals surface area contributed by atoms with Gasteiger partial charge in [-0.3, -0.25) is 0 Å². The van der Waals surface area contributed by atoms with E-state index in [-0.39, 0.29) is 0 Å². The normalized spacial score (nSPS) is 25.4. The van der Waals surface area contributed by atoms with Crippen molar-refractivity contribution in [2.75, 3.05) is 13.2 Å². The van der Waals surface area contributed by atoms with Gasteiger partial charge in [-0.05, 0) is 12.8 Å². The van der Waals surface area contributed by atoms with Crippen molar-refractivity contribution in [3.63, 3.8) is 0 Å². The Labute approximate surface area is 82.0 Å². The highest BCUT2D eigenvalue weighted by Crippen LogP contribution is 2.45. The van der Waals surface area contributed by atoms with Gasteiger partial charge in [0.2, 0.25) is 0 Å². The van der Waals surface area contributed by atoms with Gasteiger partial charge in [0, 0.05) is 5.92 Å². The highest BCUT2D eigenvalue weighted by molar-refractivity contribution is 4.91. The first-order valence-electron chi connectivity index (χ1n) is 5.01. The number of hydrogen-bond acceptors (Lipinski definition) is 4. The molecule has 5 nitrogen and oxygen atoms in total. The van der Waals surface area contributed by atoms with E-state index in [9.17, 15) is 0 Å². The molecule has 1 aliphatic heterocycles. The highest BCUT2D eigenvalue weighted by atomic mass is 16.7. The second kappa shape index (κ2) is 3.03. The first-order chi connectivity index (χ1) is 6.89. The van der Waals surface area contributed by atoms with Crippen molar-refractivity contribution in [3.8, 4) is 0 Å². The van der Waals surface area contributed by atoms with E-state index >= 15 is 0 Å². The van der Waals surface area contributed by atoms with Crippen LogP contribution in [0.15, 0.2) is 12.4 Å². The van der Waals surface area contributed by atoms with E-state index in [0.29, 0.717) is 25.7 Å². The van der Waals surface area contributed by atoms with Gasteiger partial charge in [-0.25, -0.2) is 0 Å². The molecule has 3 rings (SSSR count). The lowest BCUT2D eigenvalue weighted by atomic mass is 10.2. The lowest BCUT2D eigenvalue weighted by Crippen LogP contribution is -2.38. The molecule has 5 heteroatoms. The summed E-state index contributed by atoms with van der Waals surface area (Å²) in [6, 6.07) is 0. The van der Waals surface area contributed by atoms with Gasteiger partial charge in [-0.15, -0.1) is 0 Å². The van der Waals surface area contributed by atoms with Crippen molar-refractivity contribution in [2.24, 2.45) is 5.92 Å². The van der Waals surface area contributed by atoms with Gasteiger partial charge in [0.15, 0.2) is 5.79 Å². The van der Waals surface area contributed by atoms with E-state index in [4.69, 9.17) is 9.47 Å². The Morgan fingerprint density at radius 3 is 2.43 bits per heavy atom. The zero-order valence-electron chi connectivity index (χ0n) is 7.93. The van der Waals surface area contributed by atoms with Gasteiger partial charge in [-0.1, -0.05) is 0 Å². The molecule has 1 aliphatic carbocycles. The molecule has 0 bridgehead atoms. The molecule has 1 aromatic rings. The largest absolute Gasteiger partial charge is 0.345 e. The number of aromatic nitrogens is 3. The molecule has 0 aromatic carbocycles. The number of rotatable bonds is 3. The summed E-state index contributed by atoms with van der Waals surface area (Å²) in [7, 11) is 0. The van der Waals surface area contributed by atoms with E-state index in [2.05, 4.69) is 10.2 Å². The lowest BCUT2D eigenvalue weighted by Gasteiger charge is -2.26. The predicted octanol–water partition coefficient (Wildman–Crippen LogP) is 0.431. The smallest absolute Gasteiger partial charge is 0.192 e. The van der Waals surface area contributed by atoms with Gasteiger partial charge in [0.05, 0.1) is 25.6 Å². The molecule has 0 spiro atoms. The molecule has 0 N–H and O–H groups in total. The van der Waals surface area contributed by atoms with Crippen LogP contribution in [-0.4, -0.2) is 34.0 Å². The monoisotopic (exact) mass is 195 g/mol. The molecule has 1 aromatic heterocycles. The quantitative estimate of drug-likeness (QED) is 0.701. The van der Waals surface area contributed by atoms with E-state index < -0.39 is 5.79 Å². The topological polar surface area (TPSA) is 49.2 Å². The molecule has 2 aliphatic rings. The Bertz CT molecular complexity index is 302. The Kier molecular flexibility index (Phi) is 1.81. The SMILES string of the molecule is c1cnn(CC2(C3CC3)OCCO2)n1. The summed E-state index contributed by atoms with van der Waals surface area (Å²) in [5.74, 6) is 0.106. The summed E-state index contributed by atoms with van der Waals surface area (Å²) in [6.45, 7) is 2.00. The van der Waals surface area contributed by atoms with Crippen LogP contribution in [0.4, 0.5) is 0 Å². The maximum Gasteiger partial charge on any atom is 0.192 e. The fourth-order valence-corrected chi connectivity index (χ4v) is 1.97. The van der Waals surface area contributed by atoms with Gasteiger partial charge < -0.3 is 9.47 Å². The van der Waals surface area contributed by atoms with Crippen LogP contribution < -0.4 is 0 Å². The minimum absolute atomic E-state index is 0.432. The Morgan fingerprint density at radius 2 is 1.86 bits per heavy atom. The number of hydrogen-bond donors (Lipinski definition) is 0. The van der Waals surface area contributed by atoms with Crippen LogP contribution in [0.5, 0.6) is 0 Å². The van der Waals surface area contributed by atoms with Gasteiger partial charge in [-0.2, -0.15) is 15.0 Å². The Hall–Kier alpha value is -0.940. The molecule has 0 unspecified atom stereocenters. The van der Waals surface area contributed by atoms with Crippen molar-refractivity contribution in [2.45, 2.75) is 25.2 Å². The van der Waals surface area contributed by atoms with Crippen LogP contribution in [0.1, 0.15) is 12.8 Å². The maximum absolute atomic E-state index is 5.71. The zero-order chi connectivity index (χ0) is 9.43. The average molecular weight is 195 g/mol. The van der Waals surface area contributed by atoms with Crippen molar-refractivity contribution < 1.29 is 9.47 Å². The van der Waals surface area contributed by atoms with Crippen molar-refractivity contribution in [1.29, 1.82) is 0 Å². The van der Waals surface area contributed by atoms with Crippen LogP contribution in [0.3, 0.4) is 0 Å². The molecule has 2 fully saturated rings. The molecular formula is C9H13N3O2. The summed E-state index contributed by atoms with van der Waals surface area (Å²) in [5.41, 5.74) is 0. The number of ether oxygens (including phenoxy) is 2. The van der Waals surface area contributed by atoms with Crippen LogP contribution in [-0.2, 0) is 16.0 Å². The molecule has 0 amide bonds. The average Bonchev–Trinajstić information content (AvgIpc) is 2.76. The van der Waals surface area contributed by atoms with Gasteiger partial charge in [0.1, 0.15) is 6.54 Å². The summed E-state index contributed by atoms with van der Waals surface area (Å²) in [4.78, 5) is 1.64. The minimum atomic E-state index is -0.432. The maximum atomic E-state index is 5.71. The Balaban J connectivity index is 1.79. The molecule has 0 radical (unpaired) electrons. The van der Waals surface area contributed by atoms with Gasteiger partial charge in [0.25, 0.3) is 0 Å². The third-order valence-corrected chi connectivity index (χ3v) is 2.80. The molecular weight excluding hydrogens is 182 g/mol. The second-order valence-electron chi connectivity index (χ2n) is 3.84. The Morgan fingerprint density at radius 1 is 1.21 bits per heavy atom. The van der Waals surface area contributed by atoms with Crippen molar-refractivity contribution >= 4 is 0 Å². The van der Waals surface area contributed by atoms with Crippen LogP contribution in [0.25, 0.3) is 0 Å².